The first-order chi connectivity index (χ1) is 11.1. The zero-order chi connectivity index (χ0) is 16.2. The van der Waals surface area contributed by atoms with Gasteiger partial charge in [0.2, 0.25) is 0 Å². The van der Waals surface area contributed by atoms with E-state index in [9.17, 15) is 4.21 Å². The van der Waals surface area contributed by atoms with Gasteiger partial charge in [0.25, 0.3) is 0 Å². The summed E-state index contributed by atoms with van der Waals surface area (Å²) in [7, 11) is -0.911. The van der Waals surface area contributed by atoms with Gasteiger partial charge >= 0.3 is 0 Å². The van der Waals surface area contributed by atoms with E-state index in [2.05, 4.69) is 48.2 Å². The van der Waals surface area contributed by atoms with Gasteiger partial charge in [0.15, 0.2) is 0 Å². The minimum atomic E-state index is -0.911. The van der Waals surface area contributed by atoms with Gasteiger partial charge in [0.05, 0.1) is 12.7 Å². The molecule has 4 heteroatoms. The Morgan fingerprint density at radius 1 is 1.17 bits per heavy atom. The monoisotopic (exact) mass is 329 g/mol. The lowest BCUT2D eigenvalue weighted by Crippen LogP contribution is -2.38. The van der Waals surface area contributed by atoms with Crippen molar-refractivity contribution >= 4 is 10.8 Å². The van der Waals surface area contributed by atoms with E-state index < -0.39 is 10.8 Å². The van der Waals surface area contributed by atoms with Crippen molar-refractivity contribution in [3.63, 3.8) is 0 Å². The van der Waals surface area contributed by atoms with Crippen LogP contribution in [0.4, 0.5) is 0 Å². The average molecular weight is 329 g/mol. The van der Waals surface area contributed by atoms with Crippen molar-refractivity contribution in [2.24, 2.45) is 0 Å². The van der Waals surface area contributed by atoms with E-state index in [-0.39, 0.29) is 6.10 Å². The van der Waals surface area contributed by atoms with Crippen LogP contribution < -0.4 is 0 Å². The van der Waals surface area contributed by atoms with Gasteiger partial charge in [-0.1, -0.05) is 36.4 Å². The number of ether oxygens (including phenoxy) is 1. The first-order valence-corrected chi connectivity index (χ1v) is 9.51. The largest absolute Gasteiger partial charge is 0.371 e. The minimum absolute atomic E-state index is 0.146. The van der Waals surface area contributed by atoms with Crippen molar-refractivity contribution in [2.45, 2.75) is 24.5 Å². The summed E-state index contributed by atoms with van der Waals surface area (Å²) in [4.78, 5) is 3.31. The van der Waals surface area contributed by atoms with Crippen LogP contribution in [-0.2, 0) is 22.1 Å². The lowest BCUT2D eigenvalue weighted by molar-refractivity contribution is -0.0332. The molecule has 2 atom stereocenters. The maximum atomic E-state index is 11.5. The second kappa shape index (κ2) is 7.39. The molecule has 122 valence electrons. The van der Waals surface area contributed by atoms with E-state index in [4.69, 9.17) is 4.74 Å². The fourth-order valence-electron chi connectivity index (χ4n) is 3.03. The molecule has 1 aliphatic rings. The van der Waals surface area contributed by atoms with Gasteiger partial charge in [-0.25, -0.2) is 0 Å². The number of nitrogens with zero attached hydrogens (tertiary/aromatic N) is 1. The summed E-state index contributed by atoms with van der Waals surface area (Å²) in [6, 6.07) is 16.5. The topological polar surface area (TPSA) is 29.5 Å². The van der Waals surface area contributed by atoms with Crippen molar-refractivity contribution in [1.29, 1.82) is 0 Å². The lowest BCUT2D eigenvalue weighted by atomic mass is 10.0. The summed E-state index contributed by atoms with van der Waals surface area (Å²) < 4.78 is 17.4. The number of hydrogen-bond donors (Lipinski definition) is 0. The smallest absolute Gasteiger partial charge is 0.0955 e. The van der Waals surface area contributed by atoms with Crippen LogP contribution in [0.5, 0.6) is 0 Å². The molecule has 0 aliphatic carbocycles. The molecule has 0 saturated carbocycles. The molecule has 1 aliphatic heterocycles. The Morgan fingerprint density at radius 2 is 1.91 bits per heavy atom. The minimum Gasteiger partial charge on any atom is -0.371 e. The fourth-order valence-corrected chi connectivity index (χ4v) is 3.55. The molecule has 0 radical (unpaired) electrons. The second-order valence-corrected chi connectivity index (χ2v) is 7.43. The van der Waals surface area contributed by atoms with E-state index in [1.807, 2.05) is 12.1 Å². The average Bonchev–Trinajstić information content (AvgIpc) is 2.56. The third-order valence-corrected chi connectivity index (χ3v) is 5.28. The molecular formula is C19H23NO2S. The first-order valence-electron chi connectivity index (χ1n) is 7.95. The molecule has 3 nitrogen and oxygen atoms in total. The molecule has 0 unspecified atom stereocenters. The number of hydrogen-bond acceptors (Lipinski definition) is 3. The molecule has 1 heterocycles. The highest BCUT2D eigenvalue weighted by atomic mass is 32.2. The van der Waals surface area contributed by atoms with Crippen LogP contribution in [0.15, 0.2) is 53.4 Å². The number of rotatable bonds is 4. The zero-order valence-electron chi connectivity index (χ0n) is 13.7. The summed E-state index contributed by atoms with van der Waals surface area (Å²) >= 11 is 0. The van der Waals surface area contributed by atoms with Gasteiger partial charge in [-0.15, -0.1) is 0 Å². The summed E-state index contributed by atoms with van der Waals surface area (Å²) in [6.07, 6.45) is 1.86. The van der Waals surface area contributed by atoms with Crippen LogP contribution in [0.3, 0.4) is 0 Å². The summed E-state index contributed by atoms with van der Waals surface area (Å²) in [5, 5.41) is 0. The van der Waals surface area contributed by atoms with E-state index in [0.29, 0.717) is 0 Å². The highest BCUT2D eigenvalue weighted by Gasteiger charge is 2.23. The number of morpholine rings is 1. The number of aryl methyl sites for hydroxylation is 1. The number of benzene rings is 2. The van der Waals surface area contributed by atoms with E-state index >= 15 is 0 Å². The van der Waals surface area contributed by atoms with Gasteiger partial charge in [0, 0.05) is 41.6 Å². The molecule has 3 rings (SSSR count). The van der Waals surface area contributed by atoms with Gasteiger partial charge in [0.1, 0.15) is 0 Å². The van der Waals surface area contributed by atoms with Crippen molar-refractivity contribution in [3.8, 4) is 0 Å². The second-order valence-electron chi connectivity index (χ2n) is 6.05. The molecule has 0 spiro atoms. The van der Waals surface area contributed by atoms with Crippen molar-refractivity contribution < 1.29 is 8.95 Å². The highest BCUT2D eigenvalue weighted by Crippen LogP contribution is 2.25. The summed E-state index contributed by atoms with van der Waals surface area (Å²) in [5.74, 6) is 0. The molecule has 2 aromatic rings. The third kappa shape index (κ3) is 4.08. The normalized spacial score (nSPS) is 20.3. The lowest BCUT2D eigenvalue weighted by Gasteiger charge is -2.33. The molecule has 0 amide bonds. The molecule has 0 bridgehead atoms. The van der Waals surface area contributed by atoms with Gasteiger partial charge < -0.3 is 4.74 Å². The van der Waals surface area contributed by atoms with Crippen LogP contribution >= 0.6 is 0 Å². The Labute approximate surface area is 140 Å². The Bertz CT molecular complexity index is 684. The third-order valence-electron chi connectivity index (χ3n) is 4.35. The molecule has 0 aromatic heterocycles. The van der Waals surface area contributed by atoms with Gasteiger partial charge in [-0.3, -0.25) is 9.11 Å². The Kier molecular flexibility index (Phi) is 5.26. The predicted octanol–water partition coefficient (Wildman–Crippen LogP) is 3.31. The van der Waals surface area contributed by atoms with Crippen LogP contribution in [0.2, 0.25) is 0 Å². The van der Waals surface area contributed by atoms with Crippen LogP contribution in [0.1, 0.15) is 22.8 Å². The molecular weight excluding hydrogens is 306 g/mol. The molecule has 1 fully saturated rings. The van der Waals surface area contributed by atoms with Crippen molar-refractivity contribution in [2.75, 3.05) is 26.0 Å². The summed E-state index contributed by atoms with van der Waals surface area (Å²) in [5.41, 5.74) is 3.83. The Balaban J connectivity index is 1.67. The van der Waals surface area contributed by atoms with Gasteiger partial charge in [-0.05, 0) is 35.7 Å². The SMILES string of the molecule is Cc1ccccc1[C@@H]1CN(Cc2ccc([S@](C)=O)cc2)CCO1. The quantitative estimate of drug-likeness (QED) is 0.862. The Hall–Kier alpha value is -1.49. The highest BCUT2D eigenvalue weighted by molar-refractivity contribution is 7.84. The van der Waals surface area contributed by atoms with Crippen LogP contribution in [-0.4, -0.2) is 35.1 Å². The predicted molar refractivity (Wildman–Crippen MR) is 93.9 cm³/mol. The van der Waals surface area contributed by atoms with Crippen LogP contribution in [0.25, 0.3) is 0 Å². The van der Waals surface area contributed by atoms with Gasteiger partial charge in [-0.2, -0.15) is 0 Å². The first kappa shape index (κ1) is 16.4. The summed E-state index contributed by atoms with van der Waals surface area (Å²) in [6.45, 7) is 5.66. The Morgan fingerprint density at radius 3 is 2.61 bits per heavy atom. The van der Waals surface area contributed by atoms with E-state index in [1.54, 1.807) is 6.26 Å². The molecule has 0 N–H and O–H groups in total. The van der Waals surface area contributed by atoms with E-state index in [0.717, 1.165) is 31.1 Å². The fraction of sp³-hybridized carbons (Fsp3) is 0.368. The van der Waals surface area contributed by atoms with E-state index in [1.165, 1.54) is 16.7 Å². The van der Waals surface area contributed by atoms with Crippen LogP contribution in [0, 0.1) is 6.92 Å². The van der Waals surface area contributed by atoms with Crippen molar-refractivity contribution in [1.82, 2.24) is 4.90 Å². The molecule has 1 saturated heterocycles. The molecule has 23 heavy (non-hydrogen) atoms. The maximum Gasteiger partial charge on any atom is 0.0955 e. The van der Waals surface area contributed by atoms with Crippen molar-refractivity contribution in [3.05, 3.63) is 65.2 Å². The zero-order valence-corrected chi connectivity index (χ0v) is 14.5. The maximum absolute atomic E-state index is 11.5. The standard InChI is InChI=1S/C19H23NO2S/c1-15-5-3-4-6-18(15)19-14-20(11-12-22-19)13-16-7-9-17(10-8-16)23(2)21/h3-10,19H,11-14H2,1-2H3/t19-,23-/m0/s1. The molecule has 2 aromatic carbocycles.